The average Bonchev–Trinajstić information content (AvgIpc) is 2.59. The summed E-state index contributed by atoms with van der Waals surface area (Å²) in [6, 6.07) is 5.45. The van der Waals surface area contributed by atoms with Gasteiger partial charge < -0.3 is 10.1 Å². The minimum absolute atomic E-state index is 0.115. The zero-order valence-corrected chi connectivity index (χ0v) is 15.9. The largest absolute Gasteiger partial charge is 0.490 e. The summed E-state index contributed by atoms with van der Waals surface area (Å²) in [4.78, 5) is 0. The predicted molar refractivity (Wildman–Crippen MR) is 102 cm³/mol. The molecular weight excluding hydrogens is 365 g/mol. The van der Waals surface area contributed by atoms with Gasteiger partial charge in [-0.05, 0) is 62.9 Å². The molecule has 1 aliphatic heterocycles. The molecule has 5 heteroatoms. The Morgan fingerprint density at radius 1 is 1.21 bits per heavy atom. The second-order valence-electron chi connectivity index (χ2n) is 6.57. The van der Waals surface area contributed by atoms with Crippen LogP contribution in [0.5, 0.6) is 5.75 Å². The highest BCUT2D eigenvalue weighted by molar-refractivity contribution is 6.42. The van der Waals surface area contributed by atoms with E-state index >= 15 is 0 Å². The average molecular weight is 387 g/mol. The Balaban J connectivity index is 1.70. The molecule has 1 N–H and O–H groups in total. The highest BCUT2D eigenvalue weighted by Crippen LogP contribution is 2.36. The van der Waals surface area contributed by atoms with Crippen LogP contribution in [0.25, 0.3) is 0 Å². The molecule has 0 aromatic heterocycles. The van der Waals surface area contributed by atoms with E-state index in [4.69, 9.17) is 39.5 Å². The van der Waals surface area contributed by atoms with E-state index in [9.17, 15) is 0 Å². The van der Waals surface area contributed by atoms with Gasteiger partial charge in [0.05, 0.1) is 16.1 Å². The second kappa shape index (κ2) is 8.14. The molecule has 0 bridgehead atoms. The van der Waals surface area contributed by atoms with Crippen molar-refractivity contribution in [3.8, 4) is 5.75 Å². The molecule has 1 aromatic carbocycles. The molecule has 1 unspecified atom stereocenters. The van der Waals surface area contributed by atoms with E-state index in [2.05, 4.69) is 24.4 Å². The molecular formula is C19H22Cl3NO. The summed E-state index contributed by atoms with van der Waals surface area (Å²) in [7, 11) is 0. The van der Waals surface area contributed by atoms with Crippen molar-refractivity contribution in [2.45, 2.75) is 25.9 Å². The molecule has 130 valence electrons. The molecule has 2 aliphatic rings. The van der Waals surface area contributed by atoms with E-state index in [1.54, 1.807) is 12.1 Å². The second-order valence-corrected chi connectivity index (χ2v) is 7.82. The van der Waals surface area contributed by atoms with Crippen molar-refractivity contribution in [3.05, 3.63) is 51.5 Å². The van der Waals surface area contributed by atoms with Crippen LogP contribution in [0.15, 0.2) is 41.5 Å². The SMILES string of the molecule is C[C@H](Oc1ccc(Cl)c(Cl)c1)[C@H]1CCNC[C@@H]1C1C=CC(Cl)=CC1. The number of nitrogens with one attached hydrogen (secondary N) is 1. The fourth-order valence-corrected chi connectivity index (χ4v) is 4.19. The maximum Gasteiger partial charge on any atom is 0.121 e. The molecule has 0 radical (unpaired) electrons. The first-order valence-corrected chi connectivity index (χ1v) is 9.54. The molecule has 1 fully saturated rings. The lowest BCUT2D eigenvalue weighted by Gasteiger charge is -2.40. The van der Waals surface area contributed by atoms with Crippen molar-refractivity contribution in [1.82, 2.24) is 5.32 Å². The third-order valence-corrected chi connectivity index (χ3v) is 6.06. The maximum absolute atomic E-state index is 6.20. The van der Waals surface area contributed by atoms with Crippen LogP contribution in [0.3, 0.4) is 0 Å². The highest BCUT2D eigenvalue weighted by Gasteiger charge is 2.35. The van der Waals surface area contributed by atoms with E-state index in [-0.39, 0.29) is 6.10 Å². The van der Waals surface area contributed by atoms with Crippen LogP contribution in [0.4, 0.5) is 0 Å². The number of ether oxygens (including phenoxy) is 1. The van der Waals surface area contributed by atoms with Gasteiger partial charge in [0, 0.05) is 17.0 Å². The van der Waals surface area contributed by atoms with Crippen molar-refractivity contribution in [3.63, 3.8) is 0 Å². The van der Waals surface area contributed by atoms with Gasteiger partial charge in [-0.25, -0.2) is 0 Å². The Hall–Kier alpha value is -0.670. The van der Waals surface area contributed by atoms with Gasteiger partial charge >= 0.3 is 0 Å². The Kier molecular flexibility index (Phi) is 6.15. The summed E-state index contributed by atoms with van der Waals surface area (Å²) in [5.41, 5.74) is 0. The minimum Gasteiger partial charge on any atom is -0.490 e. The summed E-state index contributed by atoms with van der Waals surface area (Å²) < 4.78 is 6.20. The number of hydrogen-bond acceptors (Lipinski definition) is 2. The first kappa shape index (κ1) is 18.1. The number of hydrogen-bond donors (Lipinski definition) is 1. The van der Waals surface area contributed by atoms with Crippen LogP contribution in [0, 0.1) is 17.8 Å². The lowest BCUT2D eigenvalue weighted by atomic mass is 9.73. The van der Waals surface area contributed by atoms with Crippen molar-refractivity contribution < 1.29 is 4.74 Å². The lowest BCUT2D eigenvalue weighted by molar-refractivity contribution is 0.0689. The van der Waals surface area contributed by atoms with Gasteiger partial charge in [-0.2, -0.15) is 0 Å². The fraction of sp³-hybridized carbons (Fsp3) is 0.474. The van der Waals surface area contributed by atoms with E-state index in [0.717, 1.165) is 36.7 Å². The molecule has 1 heterocycles. The quantitative estimate of drug-likeness (QED) is 0.718. The maximum atomic E-state index is 6.20. The van der Waals surface area contributed by atoms with Crippen LogP contribution in [-0.4, -0.2) is 19.2 Å². The van der Waals surface area contributed by atoms with E-state index in [0.29, 0.717) is 27.8 Å². The van der Waals surface area contributed by atoms with Gasteiger partial charge in [0.2, 0.25) is 0 Å². The van der Waals surface area contributed by atoms with Crippen molar-refractivity contribution in [2.75, 3.05) is 13.1 Å². The molecule has 0 amide bonds. The van der Waals surface area contributed by atoms with Crippen LogP contribution in [-0.2, 0) is 0 Å². The molecule has 3 rings (SSSR count). The third-order valence-electron chi connectivity index (χ3n) is 5.04. The molecule has 1 aliphatic carbocycles. The highest BCUT2D eigenvalue weighted by atomic mass is 35.5. The van der Waals surface area contributed by atoms with Gasteiger partial charge in [0.15, 0.2) is 0 Å². The number of piperidine rings is 1. The third kappa shape index (κ3) is 4.29. The number of allylic oxidation sites excluding steroid dienone is 4. The summed E-state index contributed by atoms with van der Waals surface area (Å²) >= 11 is 18.1. The van der Waals surface area contributed by atoms with Crippen LogP contribution in [0.1, 0.15) is 19.8 Å². The molecule has 24 heavy (non-hydrogen) atoms. The topological polar surface area (TPSA) is 21.3 Å². The van der Waals surface area contributed by atoms with Gasteiger partial charge in [0.25, 0.3) is 0 Å². The normalized spacial score (nSPS) is 28.3. The smallest absolute Gasteiger partial charge is 0.121 e. The lowest BCUT2D eigenvalue weighted by Crippen LogP contribution is -2.45. The standard InChI is InChI=1S/C19H22Cl3NO/c1-12(24-15-6-7-18(21)19(22)10-15)16-8-9-23-11-17(16)13-2-4-14(20)5-3-13/h2,4-7,10,12-13,16-17,23H,3,8-9,11H2,1H3/t12-,13?,16+,17+/m0/s1. The van der Waals surface area contributed by atoms with E-state index in [1.807, 2.05) is 12.1 Å². The minimum atomic E-state index is 0.115. The van der Waals surface area contributed by atoms with Gasteiger partial charge in [-0.15, -0.1) is 0 Å². The Labute approximate surface area is 158 Å². The molecule has 2 nitrogen and oxygen atoms in total. The molecule has 1 aromatic rings. The first-order chi connectivity index (χ1) is 11.5. The summed E-state index contributed by atoms with van der Waals surface area (Å²) in [5, 5.41) is 5.44. The summed E-state index contributed by atoms with van der Waals surface area (Å²) in [6.07, 6.45) is 8.60. The van der Waals surface area contributed by atoms with Gasteiger partial charge in [0.1, 0.15) is 5.75 Å². The van der Waals surface area contributed by atoms with Crippen LogP contribution < -0.4 is 10.1 Å². The van der Waals surface area contributed by atoms with Crippen LogP contribution in [0.2, 0.25) is 10.0 Å². The summed E-state index contributed by atoms with van der Waals surface area (Å²) in [6.45, 7) is 4.20. The van der Waals surface area contributed by atoms with E-state index in [1.165, 1.54) is 0 Å². The number of rotatable bonds is 4. The number of halogens is 3. The molecule has 0 spiro atoms. The monoisotopic (exact) mass is 385 g/mol. The summed E-state index contributed by atoms with van der Waals surface area (Å²) in [5.74, 6) is 2.30. The number of benzene rings is 1. The zero-order valence-electron chi connectivity index (χ0n) is 13.6. The fourth-order valence-electron chi connectivity index (χ4n) is 3.74. The zero-order chi connectivity index (χ0) is 17.1. The first-order valence-electron chi connectivity index (χ1n) is 8.41. The predicted octanol–water partition coefficient (Wildman–Crippen LogP) is 5.69. The molecule has 4 atom stereocenters. The molecule has 0 saturated carbocycles. The molecule has 1 saturated heterocycles. The van der Waals surface area contributed by atoms with Crippen LogP contribution >= 0.6 is 34.8 Å². The Bertz CT molecular complexity index is 643. The van der Waals surface area contributed by atoms with Crippen molar-refractivity contribution >= 4 is 34.8 Å². The van der Waals surface area contributed by atoms with Gasteiger partial charge in [-0.1, -0.05) is 47.0 Å². The van der Waals surface area contributed by atoms with E-state index < -0.39 is 0 Å². The van der Waals surface area contributed by atoms with Crippen molar-refractivity contribution in [1.29, 1.82) is 0 Å². The van der Waals surface area contributed by atoms with Crippen molar-refractivity contribution in [2.24, 2.45) is 17.8 Å². The van der Waals surface area contributed by atoms with Gasteiger partial charge in [-0.3, -0.25) is 0 Å². The Morgan fingerprint density at radius 3 is 2.75 bits per heavy atom. The Morgan fingerprint density at radius 2 is 2.04 bits per heavy atom.